The Morgan fingerprint density at radius 1 is 1.08 bits per heavy atom. The Bertz CT molecular complexity index is 108. The summed E-state index contributed by atoms with van der Waals surface area (Å²) in [5.74, 6) is -0.0522. The second-order valence-electron chi connectivity index (χ2n) is 2.62. The molecule has 0 aromatic carbocycles. The first-order valence-electron chi connectivity index (χ1n) is 4.46. The van der Waals surface area contributed by atoms with Crippen molar-refractivity contribution in [1.82, 2.24) is 0 Å². The molecule has 4 heteroatoms. The molecule has 0 aliphatic carbocycles. The highest BCUT2D eigenvalue weighted by Crippen LogP contribution is 2.02. The van der Waals surface area contributed by atoms with Gasteiger partial charge in [0.2, 0.25) is 0 Å². The Hall–Kier alpha value is 0.0500. The molecule has 2 nitrogen and oxygen atoms in total. The highest BCUT2D eigenvalue weighted by atomic mass is 35.5. The van der Waals surface area contributed by atoms with Crippen molar-refractivity contribution in [2.45, 2.75) is 46.0 Å². The molecule has 82 valence electrons. The molecule has 0 bridgehead atoms. The fourth-order valence-electron chi connectivity index (χ4n) is 0.929. The first-order chi connectivity index (χ1) is 5.31. The highest BCUT2D eigenvalue weighted by Gasteiger charge is 1.99. The quantitative estimate of drug-likeness (QED) is 0.517. The lowest BCUT2D eigenvalue weighted by molar-refractivity contribution is -0.143. The number of carbonyl (C=O) groups is 1. The lowest BCUT2D eigenvalue weighted by Gasteiger charge is -2.00. The van der Waals surface area contributed by atoms with Crippen LogP contribution in [0, 0.1) is 0 Å². The summed E-state index contributed by atoms with van der Waals surface area (Å²) in [6, 6.07) is 0. The van der Waals surface area contributed by atoms with Crippen molar-refractivity contribution in [2.75, 3.05) is 6.61 Å². The zero-order chi connectivity index (χ0) is 8.53. The van der Waals surface area contributed by atoms with Crippen LogP contribution in [0.1, 0.15) is 46.0 Å². The first-order valence-corrected chi connectivity index (χ1v) is 4.46. The van der Waals surface area contributed by atoms with Gasteiger partial charge >= 0.3 is 5.97 Å². The van der Waals surface area contributed by atoms with Gasteiger partial charge in [0.05, 0.1) is 6.61 Å². The topological polar surface area (TPSA) is 26.3 Å². The maximum atomic E-state index is 10.8. The van der Waals surface area contributed by atoms with E-state index in [4.69, 9.17) is 4.74 Å². The van der Waals surface area contributed by atoms with E-state index in [1.165, 1.54) is 12.8 Å². The van der Waals surface area contributed by atoms with E-state index in [1.54, 1.807) is 0 Å². The summed E-state index contributed by atoms with van der Waals surface area (Å²) in [5.41, 5.74) is 0. The van der Waals surface area contributed by atoms with E-state index < -0.39 is 0 Å². The molecule has 0 fully saturated rings. The van der Waals surface area contributed by atoms with Crippen LogP contribution in [-0.2, 0) is 9.53 Å². The number of hydrogen-bond acceptors (Lipinski definition) is 2. The van der Waals surface area contributed by atoms with E-state index >= 15 is 0 Å². The molecular weight excluding hydrogens is 211 g/mol. The summed E-state index contributed by atoms with van der Waals surface area (Å²) >= 11 is 0. The molecule has 0 spiro atoms. The van der Waals surface area contributed by atoms with Crippen molar-refractivity contribution in [3.8, 4) is 0 Å². The van der Waals surface area contributed by atoms with Gasteiger partial charge in [-0.2, -0.15) is 0 Å². The fourth-order valence-corrected chi connectivity index (χ4v) is 0.929. The van der Waals surface area contributed by atoms with Crippen LogP contribution in [0.3, 0.4) is 0 Å². The van der Waals surface area contributed by atoms with Crippen LogP contribution in [-0.4, -0.2) is 12.6 Å². The van der Waals surface area contributed by atoms with Gasteiger partial charge in [-0.1, -0.05) is 26.2 Å². The Kier molecular flexibility index (Phi) is 21.0. The molecule has 0 radical (unpaired) electrons. The van der Waals surface area contributed by atoms with E-state index in [0.717, 1.165) is 12.8 Å². The van der Waals surface area contributed by atoms with E-state index in [1.807, 2.05) is 6.92 Å². The maximum absolute atomic E-state index is 10.8. The van der Waals surface area contributed by atoms with Crippen LogP contribution < -0.4 is 0 Å². The average molecular weight is 231 g/mol. The summed E-state index contributed by atoms with van der Waals surface area (Å²) in [5, 5.41) is 0. The van der Waals surface area contributed by atoms with Crippen LogP contribution in [0.4, 0.5) is 0 Å². The Morgan fingerprint density at radius 2 is 1.69 bits per heavy atom. The third-order valence-electron chi connectivity index (χ3n) is 1.54. The molecule has 0 aliphatic heterocycles. The fraction of sp³-hybridized carbons (Fsp3) is 0.889. The van der Waals surface area contributed by atoms with E-state index in [0.29, 0.717) is 13.0 Å². The van der Waals surface area contributed by atoms with E-state index in [-0.39, 0.29) is 30.8 Å². The standard InChI is InChI=1S/C9H18O2.2ClH/c1-3-5-6-7-8-9(10)11-4-2;;/h3-8H2,1-2H3;2*1H. The molecule has 0 N–H and O–H groups in total. The lowest BCUT2D eigenvalue weighted by atomic mass is 10.2. The molecule has 0 aromatic rings. The van der Waals surface area contributed by atoms with Crippen LogP contribution in [0.25, 0.3) is 0 Å². The smallest absolute Gasteiger partial charge is 0.305 e. The molecule has 0 rings (SSSR count). The molecule has 0 atom stereocenters. The van der Waals surface area contributed by atoms with Crippen molar-refractivity contribution in [1.29, 1.82) is 0 Å². The predicted octanol–water partition coefficient (Wildman–Crippen LogP) is 3.36. The maximum Gasteiger partial charge on any atom is 0.305 e. The molecule has 0 aliphatic rings. The van der Waals surface area contributed by atoms with Crippen LogP contribution >= 0.6 is 24.8 Å². The van der Waals surface area contributed by atoms with Crippen molar-refractivity contribution < 1.29 is 9.53 Å². The number of unbranched alkanes of at least 4 members (excludes halogenated alkanes) is 3. The number of hydrogen-bond donors (Lipinski definition) is 0. The molecule has 0 saturated carbocycles. The number of rotatable bonds is 6. The molecule has 13 heavy (non-hydrogen) atoms. The van der Waals surface area contributed by atoms with Gasteiger partial charge in [0.1, 0.15) is 0 Å². The zero-order valence-corrected chi connectivity index (χ0v) is 10.0. The minimum Gasteiger partial charge on any atom is -0.466 e. The second kappa shape index (κ2) is 14.6. The normalized spacial score (nSPS) is 8.15. The average Bonchev–Trinajstić information content (AvgIpc) is 1.99. The molecule has 0 aromatic heterocycles. The van der Waals surface area contributed by atoms with Crippen LogP contribution in [0.5, 0.6) is 0 Å². The summed E-state index contributed by atoms with van der Waals surface area (Å²) < 4.78 is 4.78. The third-order valence-corrected chi connectivity index (χ3v) is 1.54. The number of ether oxygens (including phenoxy) is 1. The number of carbonyl (C=O) groups excluding carboxylic acids is 1. The zero-order valence-electron chi connectivity index (χ0n) is 8.38. The SMILES string of the molecule is CCCCCCC(=O)OCC.Cl.Cl. The molecular formula is C9H20Cl2O2. The minimum absolute atomic E-state index is 0. The Labute approximate surface area is 93.2 Å². The first kappa shape index (κ1) is 18.8. The van der Waals surface area contributed by atoms with E-state index in [9.17, 15) is 4.79 Å². The van der Waals surface area contributed by atoms with Crippen molar-refractivity contribution in [3.05, 3.63) is 0 Å². The van der Waals surface area contributed by atoms with Crippen LogP contribution in [0.15, 0.2) is 0 Å². The van der Waals surface area contributed by atoms with Crippen molar-refractivity contribution >= 4 is 30.8 Å². The van der Waals surface area contributed by atoms with Gasteiger partial charge in [-0.05, 0) is 13.3 Å². The predicted molar refractivity (Wildman–Crippen MR) is 59.9 cm³/mol. The monoisotopic (exact) mass is 230 g/mol. The number of halogens is 2. The van der Waals surface area contributed by atoms with Gasteiger partial charge in [0, 0.05) is 6.42 Å². The molecule has 0 amide bonds. The van der Waals surface area contributed by atoms with Gasteiger partial charge in [-0.15, -0.1) is 24.8 Å². The van der Waals surface area contributed by atoms with E-state index in [2.05, 4.69) is 6.92 Å². The Morgan fingerprint density at radius 3 is 2.15 bits per heavy atom. The summed E-state index contributed by atoms with van der Waals surface area (Å²) in [7, 11) is 0. The largest absolute Gasteiger partial charge is 0.466 e. The molecule has 0 heterocycles. The summed E-state index contributed by atoms with van der Waals surface area (Å²) in [6.07, 6.45) is 5.15. The third kappa shape index (κ3) is 14.9. The van der Waals surface area contributed by atoms with Gasteiger partial charge < -0.3 is 4.74 Å². The molecule has 0 unspecified atom stereocenters. The number of esters is 1. The summed E-state index contributed by atoms with van der Waals surface area (Å²) in [6.45, 7) is 4.50. The van der Waals surface area contributed by atoms with Gasteiger partial charge in [0.15, 0.2) is 0 Å². The van der Waals surface area contributed by atoms with Crippen molar-refractivity contribution in [3.63, 3.8) is 0 Å². The Balaban J connectivity index is -0.000000500. The summed E-state index contributed by atoms with van der Waals surface area (Å²) in [4.78, 5) is 10.8. The van der Waals surface area contributed by atoms with Gasteiger partial charge in [0.25, 0.3) is 0 Å². The van der Waals surface area contributed by atoms with Crippen LogP contribution in [0.2, 0.25) is 0 Å². The second-order valence-corrected chi connectivity index (χ2v) is 2.62. The lowest BCUT2D eigenvalue weighted by Crippen LogP contribution is -2.02. The highest BCUT2D eigenvalue weighted by molar-refractivity contribution is 5.85. The van der Waals surface area contributed by atoms with Crippen molar-refractivity contribution in [2.24, 2.45) is 0 Å². The van der Waals surface area contributed by atoms with Gasteiger partial charge in [-0.25, -0.2) is 0 Å². The molecule has 0 saturated heterocycles. The minimum atomic E-state index is -0.0522. The van der Waals surface area contributed by atoms with Gasteiger partial charge in [-0.3, -0.25) is 4.79 Å².